The third-order valence-corrected chi connectivity index (χ3v) is 4.64. The SMILES string of the molecule is COc1cc(F)ccc1S(=O)(=O)Nc1nocc1C1CC1. The van der Waals surface area contributed by atoms with Crippen LogP contribution >= 0.6 is 0 Å². The van der Waals surface area contributed by atoms with Crippen molar-refractivity contribution in [2.45, 2.75) is 23.7 Å². The Morgan fingerprint density at radius 2 is 2.19 bits per heavy atom. The van der Waals surface area contributed by atoms with Crippen LogP contribution in [-0.2, 0) is 10.0 Å². The molecule has 1 aromatic heterocycles. The molecule has 1 aliphatic carbocycles. The topological polar surface area (TPSA) is 81.4 Å². The van der Waals surface area contributed by atoms with Crippen LogP contribution in [0.3, 0.4) is 0 Å². The summed E-state index contributed by atoms with van der Waals surface area (Å²) in [7, 11) is -2.66. The van der Waals surface area contributed by atoms with E-state index in [1.807, 2.05) is 0 Å². The first kappa shape index (κ1) is 13.9. The van der Waals surface area contributed by atoms with Crippen LogP contribution in [0.15, 0.2) is 33.9 Å². The molecule has 1 N–H and O–H groups in total. The van der Waals surface area contributed by atoms with Gasteiger partial charge in [-0.3, -0.25) is 4.72 Å². The van der Waals surface area contributed by atoms with Crippen molar-refractivity contribution < 1.29 is 22.1 Å². The van der Waals surface area contributed by atoms with E-state index in [-0.39, 0.29) is 22.4 Å². The smallest absolute Gasteiger partial charge is 0.266 e. The maximum Gasteiger partial charge on any atom is 0.266 e. The number of sulfonamides is 1. The second-order valence-electron chi connectivity index (χ2n) is 4.79. The van der Waals surface area contributed by atoms with E-state index in [0.29, 0.717) is 0 Å². The number of nitrogens with zero attached hydrogens (tertiary/aromatic N) is 1. The van der Waals surface area contributed by atoms with Gasteiger partial charge in [0.05, 0.1) is 7.11 Å². The largest absolute Gasteiger partial charge is 0.495 e. The van der Waals surface area contributed by atoms with Gasteiger partial charge in [0.25, 0.3) is 10.0 Å². The van der Waals surface area contributed by atoms with Gasteiger partial charge in [0.15, 0.2) is 5.82 Å². The average molecular weight is 312 g/mol. The first-order valence-corrected chi connectivity index (χ1v) is 7.80. The highest BCUT2D eigenvalue weighted by Gasteiger charge is 2.31. The number of rotatable bonds is 5. The van der Waals surface area contributed by atoms with E-state index in [4.69, 9.17) is 9.26 Å². The zero-order valence-corrected chi connectivity index (χ0v) is 12.0. The third-order valence-electron chi connectivity index (χ3n) is 3.26. The molecule has 0 radical (unpaired) electrons. The molecule has 112 valence electrons. The van der Waals surface area contributed by atoms with E-state index in [9.17, 15) is 12.8 Å². The second kappa shape index (κ2) is 5.03. The summed E-state index contributed by atoms with van der Waals surface area (Å²) in [6.45, 7) is 0. The predicted molar refractivity (Wildman–Crippen MR) is 72.2 cm³/mol. The van der Waals surface area contributed by atoms with E-state index in [1.54, 1.807) is 0 Å². The Bertz CT molecular complexity index is 768. The third kappa shape index (κ3) is 2.71. The molecule has 0 saturated heterocycles. The van der Waals surface area contributed by atoms with Gasteiger partial charge in [0, 0.05) is 11.6 Å². The maximum absolute atomic E-state index is 13.2. The molecular weight excluding hydrogens is 299 g/mol. The average Bonchev–Trinajstić information content (AvgIpc) is 3.19. The van der Waals surface area contributed by atoms with Crippen molar-refractivity contribution in [3.63, 3.8) is 0 Å². The number of benzene rings is 1. The van der Waals surface area contributed by atoms with Crippen LogP contribution in [-0.4, -0.2) is 20.7 Å². The Balaban J connectivity index is 1.95. The minimum absolute atomic E-state index is 0.0704. The summed E-state index contributed by atoms with van der Waals surface area (Å²) in [4.78, 5) is -0.156. The Morgan fingerprint density at radius 1 is 1.43 bits per heavy atom. The number of halogens is 1. The summed E-state index contributed by atoms with van der Waals surface area (Å²) >= 11 is 0. The highest BCUT2D eigenvalue weighted by molar-refractivity contribution is 7.92. The number of anilines is 1. The summed E-state index contributed by atoms with van der Waals surface area (Å²) in [5.41, 5.74) is 0.736. The standard InChI is InChI=1S/C13H13FN2O4S/c1-19-11-6-9(14)4-5-12(11)21(17,18)16-13-10(7-20-15-13)8-2-3-8/h4-8H,2-3H2,1H3,(H,15,16). The number of hydrogen-bond donors (Lipinski definition) is 1. The molecule has 2 aromatic rings. The molecule has 0 bridgehead atoms. The number of nitrogens with one attached hydrogen (secondary N) is 1. The summed E-state index contributed by atoms with van der Waals surface area (Å²) in [5.74, 6) is -0.196. The van der Waals surface area contributed by atoms with Crippen LogP contribution in [0.4, 0.5) is 10.2 Å². The van der Waals surface area contributed by atoms with Gasteiger partial charge in [-0.25, -0.2) is 12.8 Å². The maximum atomic E-state index is 13.2. The molecule has 0 spiro atoms. The summed E-state index contributed by atoms with van der Waals surface area (Å²) in [5, 5.41) is 3.68. The van der Waals surface area contributed by atoms with Crippen molar-refractivity contribution in [1.82, 2.24) is 5.16 Å². The molecule has 21 heavy (non-hydrogen) atoms. The Kier molecular flexibility index (Phi) is 3.32. The minimum Gasteiger partial charge on any atom is -0.495 e. The first-order chi connectivity index (χ1) is 10.0. The van der Waals surface area contributed by atoms with E-state index < -0.39 is 15.8 Å². The van der Waals surface area contributed by atoms with Crippen LogP contribution in [0.2, 0.25) is 0 Å². The molecule has 0 unspecified atom stereocenters. The van der Waals surface area contributed by atoms with Crippen molar-refractivity contribution in [1.29, 1.82) is 0 Å². The lowest BCUT2D eigenvalue weighted by Gasteiger charge is -2.10. The number of ether oxygens (including phenoxy) is 1. The lowest BCUT2D eigenvalue weighted by Crippen LogP contribution is -2.15. The van der Waals surface area contributed by atoms with Gasteiger partial charge in [-0.2, -0.15) is 0 Å². The van der Waals surface area contributed by atoms with Crippen LogP contribution < -0.4 is 9.46 Å². The molecule has 0 atom stereocenters. The fourth-order valence-electron chi connectivity index (χ4n) is 2.05. The zero-order valence-electron chi connectivity index (χ0n) is 11.2. The van der Waals surface area contributed by atoms with Gasteiger partial charge < -0.3 is 9.26 Å². The van der Waals surface area contributed by atoms with Crippen molar-refractivity contribution in [3.8, 4) is 5.75 Å². The Labute approximate surface area is 120 Å². The summed E-state index contributed by atoms with van der Waals surface area (Å²) < 4.78 is 50.1. The molecule has 0 aliphatic heterocycles. The van der Waals surface area contributed by atoms with E-state index in [1.165, 1.54) is 13.4 Å². The predicted octanol–water partition coefficient (Wildman–Crippen LogP) is 2.50. The molecule has 1 fully saturated rings. The molecule has 1 aliphatic rings. The van der Waals surface area contributed by atoms with Crippen molar-refractivity contribution in [2.24, 2.45) is 0 Å². The van der Waals surface area contributed by atoms with Gasteiger partial charge in [0.1, 0.15) is 22.7 Å². The van der Waals surface area contributed by atoms with Gasteiger partial charge in [-0.15, -0.1) is 0 Å². The molecule has 6 nitrogen and oxygen atoms in total. The van der Waals surface area contributed by atoms with Crippen LogP contribution in [0.5, 0.6) is 5.75 Å². The fourth-order valence-corrected chi connectivity index (χ4v) is 3.23. The lowest BCUT2D eigenvalue weighted by atomic mass is 10.2. The number of methoxy groups -OCH3 is 1. The molecule has 1 heterocycles. The summed E-state index contributed by atoms with van der Waals surface area (Å²) in [6.07, 6.45) is 3.41. The molecule has 1 aromatic carbocycles. The number of hydrogen-bond acceptors (Lipinski definition) is 5. The molecule has 0 amide bonds. The molecular formula is C13H13FN2O4S. The van der Waals surface area contributed by atoms with Crippen molar-refractivity contribution >= 4 is 15.8 Å². The quantitative estimate of drug-likeness (QED) is 0.917. The molecule has 3 rings (SSSR count). The highest BCUT2D eigenvalue weighted by Crippen LogP contribution is 2.43. The van der Waals surface area contributed by atoms with Crippen LogP contribution in [0.1, 0.15) is 24.3 Å². The zero-order chi connectivity index (χ0) is 15.0. The van der Waals surface area contributed by atoms with Crippen LogP contribution in [0.25, 0.3) is 0 Å². The Hall–Kier alpha value is -2.09. The minimum atomic E-state index is -3.94. The van der Waals surface area contributed by atoms with Crippen molar-refractivity contribution in [3.05, 3.63) is 35.8 Å². The molecule has 8 heteroatoms. The summed E-state index contributed by atoms with van der Waals surface area (Å²) in [6, 6.07) is 3.22. The van der Waals surface area contributed by atoms with Crippen LogP contribution in [0, 0.1) is 5.82 Å². The van der Waals surface area contributed by atoms with E-state index >= 15 is 0 Å². The normalized spacial score (nSPS) is 15.0. The Morgan fingerprint density at radius 3 is 2.86 bits per heavy atom. The van der Waals surface area contributed by atoms with E-state index in [0.717, 1.165) is 36.6 Å². The monoisotopic (exact) mass is 312 g/mol. The fraction of sp³-hybridized carbons (Fsp3) is 0.308. The highest BCUT2D eigenvalue weighted by atomic mass is 32.2. The van der Waals surface area contributed by atoms with Crippen molar-refractivity contribution in [2.75, 3.05) is 11.8 Å². The van der Waals surface area contributed by atoms with Gasteiger partial charge in [-0.1, -0.05) is 5.16 Å². The molecule has 1 saturated carbocycles. The van der Waals surface area contributed by atoms with Gasteiger partial charge in [0.2, 0.25) is 0 Å². The second-order valence-corrected chi connectivity index (χ2v) is 6.44. The first-order valence-electron chi connectivity index (χ1n) is 6.32. The van der Waals surface area contributed by atoms with E-state index in [2.05, 4.69) is 9.88 Å². The van der Waals surface area contributed by atoms with Gasteiger partial charge >= 0.3 is 0 Å². The van der Waals surface area contributed by atoms with Gasteiger partial charge in [-0.05, 0) is 30.9 Å². The number of aromatic nitrogens is 1. The lowest BCUT2D eigenvalue weighted by molar-refractivity contribution is 0.399.